The average Bonchev–Trinajstić information content (AvgIpc) is 3.21. The number of carboxylic acid groups (broad SMARTS) is 1. The van der Waals surface area contributed by atoms with Gasteiger partial charge in [-0.2, -0.15) is 0 Å². The van der Waals surface area contributed by atoms with Gasteiger partial charge in [-0.15, -0.1) is 0 Å². The third-order valence-electron chi connectivity index (χ3n) is 18.7. The smallest absolute Gasteiger partial charge is 0.310 e. The molecular formula is C46H74O16. The molecule has 8 rings (SSSR count). The maximum Gasteiger partial charge on any atom is 0.310 e. The first kappa shape index (κ1) is 47.2. The van der Waals surface area contributed by atoms with Crippen molar-refractivity contribution in [3.8, 4) is 0 Å². The third kappa shape index (κ3) is 7.19. The van der Waals surface area contributed by atoms with Crippen LogP contribution in [0, 0.1) is 50.2 Å². The number of carbonyl (C=O) groups is 1. The Bertz CT molecular complexity index is 1690. The first-order valence-corrected chi connectivity index (χ1v) is 23.1. The van der Waals surface area contributed by atoms with Crippen LogP contribution >= 0.6 is 0 Å². The van der Waals surface area contributed by atoms with Crippen LogP contribution in [0.15, 0.2) is 11.6 Å². The Balaban J connectivity index is 1.02. The van der Waals surface area contributed by atoms with E-state index in [4.69, 9.17) is 28.4 Å². The predicted octanol–water partition coefficient (Wildman–Crippen LogP) is 1.98. The van der Waals surface area contributed by atoms with Crippen LogP contribution in [0.5, 0.6) is 0 Å². The van der Waals surface area contributed by atoms with Crippen LogP contribution in [-0.4, -0.2) is 158 Å². The minimum Gasteiger partial charge on any atom is -0.481 e. The van der Waals surface area contributed by atoms with Gasteiger partial charge in [0.15, 0.2) is 18.9 Å². The molecule has 5 aliphatic carbocycles. The van der Waals surface area contributed by atoms with Gasteiger partial charge in [0.2, 0.25) is 0 Å². The van der Waals surface area contributed by atoms with Gasteiger partial charge in [-0.3, -0.25) is 4.79 Å². The van der Waals surface area contributed by atoms with Crippen LogP contribution < -0.4 is 0 Å². The molecule has 0 radical (unpaired) electrons. The number of aliphatic carboxylic acids is 1. The lowest BCUT2D eigenvalue weighted by atomic mass is 9.33. The zero-order chi connectivity index (χ0) is 45.1. The molecule has 8 aliphatic rings. The van der Waals surface area contributed by atoms with Crippen LogP contribution in [0.2, 0.25) is 0 Å². The topological polar surface area (TPSA) is 255 Å². The standard InChI is InChI=1S/C46H74O16/c1-22-30(50)35(61-37-33(53)31(51)25(48)19-57-37)34(54)38(59-22)62-36-32(52)26(49)20-58-39(36)60-29-11-12-42(4)27(43(29,5)21-47)10-13-45(7)28(42)9-8-23-24-18-41(2,3)14-16-46(24,40(55)56)17-15-44(23,45)6/h8,22,24-39,47-54H,9-21H2,1-7H3,(H,55,56)/t22-,24?,25+,26-,27?,28?,29?,30-,31-,32-,33+,34+,35+,36+,37-,38-,39-,42?,43-,44+,45?,46?/m0/s1. The van der Waals surface area contributed by atoms with Gasteiger partial charge in [0.1, 0.15) is 54.9 Å². The monoisotopic (exact) mass is 882 g/mol. The second kappa shape index (κ2) is 16.5. The maximum absolute atomic E-state index is 13.1. The average molecular weight is 883 g/mol. The molecule has 62 heavy (non-hydrogen) atoms. The molecule has 354 valence electrons. The second-order valence-electron chi connectivity index (χ2n) is 22.4. The van der Waals surface area contributed by atoms with Crippen molar-refractivity contribution in [1.29, 1.82) is 0 Å². The Hall–Kier alpha value is -1.35. The Kier molecular flexibility index (Phi) is 12.5. The van der Waals surface area contributed by atoms with E-state index in [9.17, 15) is 50.8 Å². The number of ether oxygens (including phenoxy) is 6. The number of rotatable bonds is 8. The molecule has 0 aromatic heterocycles. The summed E-state index contributed by atoms with van der Waals surface area (Å²) in [5, 5.41) is 97.4. The normalized spacial score (nSPS) is 55.1. The van der Waals surface area contributed by atoms with Crippen molar-refractivity contribution < 1.29 is 79.2 Å². The maximum atomic E-state index is 13.1. The Labute approximate surface area is 364 Å². The lowest BCUT2D eigenvalue weighted by Crippen LogP contribution is -2.67. The van der Waals surface area contributed by atoms with Crippen LogP contribution in [0.25, 0.3) is 0 Å². The van der Waals surface area contributed by atoms with E-state index in [2.05, 4.69) is 47.6 Å². The molecule has 0 aromatic carbocycles. The van der Waals surface area contributed by atoms with E-state index in [0.717, 1.165) is 44.9 Å². The molecule has 0 amide bonds. The molecule has 7 fully saturated rings. The minimum absolute atomic E-state index is 0.00631. The van der Waals surface area contributed by atoms with Crippen molar-refractivity contribution in [3.05, 3.63) is 11.6 Å². The van der Waals surface area contributed by atoms with E-state index in [1.54, 1.807) is 0 Å². The fourth-order valence-corrected chi connectivity index (χ4v) is 14.5. The van der Waals surface area contributed by atoms with Crippen molar-refractivity contribution in [2.75, 3.05) is 19.8 Å². The number of hydrogen-bond donors (Lipinski definition) is 9. The number of aliphatic hydroxyl groups excluding tert-OH is 8. The summed E-state index contributed by atoms with van der Waals surface area (Å²) >= 11 is 0. The number of allylic oxidation sites excluding steroid dienone is 2. The largest absolute Gasteiger partial charge is 0.481 e. The highest BCUT2D eigenvalue weighted by Crippen LogP contribution is 2.76. The molecule has 16 heteroatoms. The quantitative estimate of drug-likeness (QED) is 0.125. The summed E-state index contributed by atoms with van der Waals surface area (Å²) in [7, 11) is 0. The molecule has 7 unspecified atom stereocenters. The molecule has 16 nitrogen and oxygen atoms in total. The molecule has 9 N–H and O–H groups in total. The summed E-state index contributed by atoms with van der Waals surface area (Å²) in [6.45, 7) is 14.5. The third-order valence-corrected chi connectivity index (χ3v) is 18.7. The van der Waals surface area contributed by atoms with Gasteiger partial charge in [-0.05, 0) is 111 Å². The lowest BCUT2D eigenvalue weighted by molar-refractivity contribution is -0.379. The van der Waals surface area contributed by atoms with Crippen molar-refractivity contribution in [1.82, 2.24) is 0 Å². The van der Waals surface area contributed by atoms with E-state index in [0.29, 0.717) is 19.3 Å². The van der Waals surface area contributed by atoms with E-state index < -0.39 is 103 Å². The van der Waals surface area contributed by atoms with Crippen LogP contribution in [0.3, 0.4) is 0 Å². The number of aliphatic hydroxyl groups is 8. The second-order valence-corrected chi connectivity index (χ2v) is 22.4. The molecular weight excluding hydrogens is 808 g/mol. The van der Waals surface area contributed by atoms with Gasteiger partial charge in [0.05, 0.1) is 37.4 Å². The summed E-state index contributed by atoms with van der Waals surface area (Å²) < 4.78 is 36.0. The van der Waals surface area contributed by atoms with Gasteiger partial charge < -0.3 is 74.4 Å². The van der Waals surface area contributed by atoms with Crippen molar-refractivity contribution >= 4 is 5.97 Å². The highest BCUT2D eigenvalue weighted by molar-refractivity contribution is 5.76. The summed E-state index contributed by atoms with van der Waals surface area (Å²) in [5.41, 5.74) is -0.519. The van der Waals surface area contributed by atoms with E-state index >= 15 is 0 Å². The predicted molar refractivity (Wildman–Crippen MR) is 219 cm³/mol. The van der Waals surface area contributed by atoms with Gasteiger partial charge in [0.25, 0.3) is 0 Å². The number of hydrogen-bond acceptors (Lipinski definition) is 15. The SMILES string of the molecule is C[C@@H]1O[C@@H](O[C@H]2[C@H](OC3CCC4(C)C5CC=C6C7CC(C)(C)CCC7(C(=O)O)CC[C@@]6(C)C5(C)CCC4[C@]3(C)CO)OC[C@H](O)[C@@H]2O)[C@H](O)[C@H](O[C@@H]2OC[C@@H](O)[C@H](O)[C@H]2O)[C@H]1O. The molecule has 4 saturated carbocycles. The zero-order valence-corrected chi connectivity index (χ0v) is 37.5. The van der Waals surface area contributed by atoms with Gasteiger partial charge in [-0.25, -0.2) is 0 Å². The van der Waals surface area contributed by atoms with Crippen molar-refractivity contribution in [2.45, 2.75) is 199 Å². The minimum atomic E-state index is -1.73. The first-order valence-electron chi connectivity index (χ1n) is 23.1. The molecule has 3 saturated heterocycles. The van der Waals surface area contributed by atoms with Crippen molar-refractivity contribution in [2.24, 2.45) is 50.2 Å². The first-order chi connectivity index (χ1) is 29.0. The molecule has 3 heterocycles. The molecule has 0 bridgehead atoms. The van der Waals surface area contributed by atoms with Gasteiger partial charge >= 0.3 is 5.97 Å². The summed E-state index contributed by atoms with van der Waals surface area (Å²) in [6, 6.07) is 0. The Morgan fingerprint density at radius 1 is 0.710 bits per heavy atom. The zero-order valence-electron chi connectivity index (χ0n) is 37.5. The highest BCUT2D eigenvalue weighted by Gasteiger charge is 2.70. The van der Waals surface area contributed by atoms with E-state index in [1.807, 2.05) is 0 Å². The molecule has 3 aliphatic heterocycles. The van der Waals surface area contributed by atoms with Gasteiger partial charge in [-0.1, -0.05) is 53.2 Å². The van der Waals surface area contributed by atoms with E-state index in [1.165, 1.54) is 12.5 Å². The number of fused-ring (bicyclic) bond motifs is 7. The Morgan fingerprint density at radius 3 is 2.03 bits per heavy atom. The fraction of sp³-hybridized carbons (Fsp3) is 0.935. The summed E-state index contributed by atoms with van der Waals surface area (Å²) in [5.74, 6) is -0.342. The fourth-order valence-electron chi connectivity index (χ4n) is 14.5. The van der Waals surface area contributed by atoms with Crippen LogP contribution in [-0.2, 0) is 33.2 Å². The van der Waals surface area contributed by atoms with E-state index in [-0.39, 0.29) is 59.2 Å². The lowest BCUT2D eigenvalue weighted by Gasteiger charge is -2.71. The number of carboxylic acids is 1. The van der Waals surface area contributed by atoms with Gasteiger partial charge in [0, 0.05) is 5.41 Å². The summed E-state index contributed by atoms with van der Waals surface area (Å²) in [6.07, 6.45) is -9.19. The highest BCUT2D eigenvalue weighted by atomic mass is 16.8. The van der Waals surface area contributed by atoms with Crippen LogP contribution in [0.4, 0.5) is 0 Å². The van der Waals surface area contributed by atoms with Crippen molar-refractivity contribution in [3.63, 3.8) is 0 Å². The summed E-state index contributed by atoms with van der Waals surface area (Å²) in [4.78, 5) is 13.1. The Morgan fingerprint density at radius 2 is 1.35 bits per heavy atom. The molecule has 22 atom stereocenters. The van der Waals surface area contributed by atoms with Crippen LogP contribution in [0.1, 0.15) is 113 Å². The molecule has 0 aromatic rings. The molecule has 0 spiro atoms.